The number of nitrogens with two attached hydrogens (primary N) is 1. The van der Waals surface area contributed by atoms with E-state index in [0.717, 1.165) is 6.07 Å². The van der Waals surface area contributed by atoms with Crippen LogP contribution in [-0.2, 0) is 7.05 Å². The van der Waals surface area contributed by atoms with Crippen molar-refractivity contribution in [1.82, 2.24) is 9.78 Å². The molecule has 1 aromatic carbocycles. The average Bonchev–Trinajstić information content (AvgIpc) is 2.55. The molecule has 0 aliphatic heterocycles. The van der Waals surface area contributed by atoms with Crippen LogP contribution in [0.4, 0.5) is 14.5 Å². The number of anilines is 1. The van der Waals surface area contributed by atoms with E-state index in [0.29, 0.717) is 10.3 Å². The first-order valence-electron chi connectivity index (χ1n) is 4.44. The molecule has 0 unspecified atom stereocenters. The Bertz CT molecular complexity index is 551. The standard InChI is InChI=1S/C10H8BrF2N3/c1-16-7(4-8(11)15-16)5-2-3-6(12)10(14)9(5)13/h2-4H,14H2,1H3. The molecule has 0 aliphatic carbocycles. The lowest BCUT2D eigenvalue weighted by Crippen LogP contribution is -2.00. The van der Waals surface area contributed by atoms with E-state index < -0.39 is 17.3 Å². The number of hydrogen-bond donors (Lipinski definition) is 1. The predicted molar refractivity (Wildman–Crippen MR) is 60.7 cm³/mol. The zero-order chi connectivity index (χ0) is 11.9. The molecule has 2 rings (SSSR count). The topological polar surface area (TPSA) is 43.8 Å². The Morgan fingerprint density at radius 2 is 2.06 bits per heavy atom. The van der Waals surface area contributed by atoms with Crippen LogP contribution in [0.25, 0.3) is 11.3 Å². The summed E-state index contributed by atoms with van der Waals surface area (Å²) >= 11 is 3.18. The molecule has 6 heteroatoms. The molecular formula is C10H8BrF2N3. The highest BCUT2D eigenvalue weighted by molar-refractivity contribution is 9.10. The lowest BCUT2D eigenvalue weighted by atomic mass is 10.1. The summed E-state index contributed by atoms with van der Waals surface area (Å²) in [5.74, 6) is -1.53. The fourth-order valence-electron chi connectivity index (χ4n) is 1.45. The van der Waals surface area contributed by atoms with E-state index in [4.69, 9.17) is 5.73 Å². The van der Waals surface area contributed by atoms with Gasteiger partial charge in [-0.1, -0.05) is 0 Å². The second-order valence-corrected chi connectivity index (χ2v) is 4.11. The van der Waals surface area contributed by atoms with Crippen LogP contribution >= 0.6 is 15.9 Å². The molecular weight excluding hydrogens is 280 g/mol. The Labute approximate surface area is 99.0 Å². The van der Waals surface area contributed by atoms with Gasteiger partial charge in [-0.15, -0.1) is 0 Å². The first-order chi connectivity index (χ1) is 7.50. The largest absolute Gasteiger partial charge is 0.394 e. The smallest absolute Gasteiger partial charge is 0.158 e. The lowest BCUT2D eigenvalue weighted by Gasteiger charge is -2.06. The molecule has 1 heterocycles. The normalized spacial score (nSPS) is 10.8. The number of aromatic nitrogens is 2. The Balaban J connectivity index is 2.65. The number of rotatable bonds is 1. The molecule has 2 aromatic rings. The van der Waals surface area contributed by atoms with Gasteiger partial charge in [0.05, 0.1) is 5.69 Å². The van der Waals surface area contributed by atoms with E-state index >= 15 is 0 Å². The minimum Gasteiger partial charge on any atom is -0.394 e. The Morgan fingerprint density at radius 3 is 2.62 bits per heavy atom. The third-order valence-corrected chi connectivity index (χ3v) is 2.64. The van der Waals surface area contributed by atoms with Crippen LogP contribution in [0, 0.1) is 11.6 Å². The maximum atomic E-state index is 13.7. The first-order valence-corrected chi connectivity index (χ1v) is 5.23. The summed E-state index contributed by atoms with van der Waals surface area (Å²) in [7, 11) is 1.67. The highest BCUT2D eigenvalue weighted by Gasteiger charge is 2.15. The van der Waals surface area contributed by atoms with E-state index in [1.54, 1.807) is 13.1 Å². The fourth-order valence-corrected chi connectivity index (χ4v) is 1.91. The number of halogens is 3. The Hall–Kier alpha value is -1.43. The summed E-state index contributed by atoms with van der Waals surface area (Å²) < 4.78 is 28.8. The van der Waals surface area contributed by atoms with Crippen molar-refractivity contribution in [3.8, 4) is 11.3 Å². The first kappa shape index (κ1) is 11.1. The summed E-state index contributed by atoms with van der Waals surface area (Å²) in [4.78, 5) is 0. The number of aryl methyl sites for hydroxylation is 1. The molecule has 0 spiro atoms. The molecule has 0 aliphatic rings. The van der Waals surface area contributed by atoms with Crippen LogP contribution in [0.3, 0.4) is 0 Å². The highest BCUT2D eigenvalue weighted by Crippen LogP contribution is 2.29. The molecule has 1 aromatic heterocycles. The number of nitrogen functional groups attached to an aromatic ring is 1. The van der Waals surface area contributed by atoms with Crippen LogP contribution in [0.2, 0.25) is 0 Å². The molecule has 84 valence electrons. The molecule has 0 saturated carbocycles. The van der Waals surface area contributed by atoms with Crippen molar-refractivity contribution in [1.29, 1.82) is 0 Å². The van der Waals surface area contributed by atoms with Crippen LogP contribution in [0.5, 0.6) is 0 Å². The summed E-state index contributed by atoms with van der Waals surface area (Å²) in [6.45, 7) is 0. The average molecular weight is 288 g/mol. The van der Waals surface area contributed by atoms with Gasteiger partial charge in [0.1, 0.15) is 16.1 Å². The van der Waals surface area contributed by atoms with Gasteiger partial charge in [-0.3, -0.25) is 4.68 Å². The SMILES string of the molecule is Cn1nc(Br)cc1-c1ccc(F)c(N)c1F. The van der Waals surface area contributed by atoms with Gasteiger partial charge in [-0.05, 0) is 34.1 Å². The zero-order valence-electron chi connectivity index (χ0n) is 8.34. The van der Waals surface area contributed by atoms with Gasteiger partial charge in [0.2, 0.25) is 0 Å². The van der Waals surface area contributed by atoms with E-state index in [1.807, 2.05) is 0 Å². The minimum atomic E-state index is -0.768. The van der Waals surface area contributed by atoms with Crippen molar-refractivity contribution in [2.24, 2.45) is 7.05 Å². The summed E-state index contributed by atoms with van der Waals surface area (Å²) in [5, 5.41) is 4.01. The van der Waals surface area contributed by atoms with Gasteiger partial charge in [-0.2, -0.15) is 5.10 Å². The third-order valence-electron chi connectivity index (χ3n) is 2.25. The third kappa shape index (κ3) is 1.69. The quantitative estimate of drug-likeness (QED) is 0.820. The number of hydrogen-bond acceptors (Lipinski definition) is 2. The molecule has 0 saturated heterocycles. The van der Waals surface area contributed by atoms with E-state index in [1.165, 1.54) is 10.7 Å². The van der Waals surface area contributed by atoms with Gasteiger partial charge in [0.15, 0.2) is 5.82 Å². The van der Waals surface area contributed by atoms with Crippen LogP contribution in [-0.4, -0.2) is 9.78 Å². The summed E-state index contributed by atoms with van der Waals surface area (Å²) in [6.07, 6.45) is 0. The van der Waals surface area contributed by atoms with Gasteiger partial charge in [0, 0.05) is 12.6 Å². The van der Waals surface area contributed by atoms with Crippen molar-refractivity contribution in [3.05, 3.63) is 34.4 Å². The monoisotopic (exact) mass is 287 g/mol. The molecule has 0 atom stereocenters. The van der Waals surface area contributed by atoms with Gasteiger partial charge < -0.3 is 5.73 Å². The van der Waals surface area contributed by atoms with Crippen molar-refractivity contribution < 1.29 is 8.78 Å². The molecule has 0 fully saturated rings. The second-order valence-electron chi connectivity index (χ2n) is 3.30. The van der Waals surface area contributed by atoms with Gasteiger partial charge in [0.25, 0.3) is 0 Å². The maximum absolute atomic E-state index is 13.7. The maximum Gasteiger partial charge on any atom is 0.158 e. The van der Waals surface area contributed by atoms with E-state index in [9.17, 15) is 8.78 Å². The molecule has 3 nitrogen and oxygen atoms in total. The van der Waals surface area contributed by atoms with Crippen LogP contribution in [0.15, 0.2) is 22.8 Å². The summed E-state index contributed by atoms with van der Waals surface area (Å²) in [6, 6.07) is 4.11. The Morgan fingerprint density at radius 1 is 1.38 bits per heavy atom. The molecule has 0 radical (unpaired) electrons. The van der Waals surface area contributed by atoms with Crippen LogP contribution < -0.4 is 5.73 Å². The van der Waals surface area contributed by atoms with E-state index in [-0.39, 0.29) is 5.56 Å². The second kappa shape index (κ2) is 3.86. The van der Waals surface area contributed by atoms with Crippen molar-refractivity contribution >= 4 is 21.6 Å². The van der Waals surface area contributed by atoms with E-state index in [2.05, 4.69) is 21.0 Å². The molecule has 2 N–H and O–H groups in total. The zero-order valence-corrected chi connectivity index (χ0v) is 9.92. The molecule has 0 bridgehead atoms. The predicted octanol–water partition coefficient (Wildman–Crippen LogP) is 2.71. The highest BCUT2D eigenvalue weighted by atomic mass is 79.9. The van der Waals surface area contributed by atoms with Gasteiger partial charge >= 0.3 is 0 Å². The molecule has 16 heavy (non-hydrogen) atoms. The fraction of sp³-hybridized carbons (Fsp3) is 0.100. The van der Waals surface area contributed by atoms with Gasteiger partial charge in [-0.25, -0.2) is 8.78 Å². The lowest BCUT2D eigenvalue weighted by molar-refractivity contribution is 0.592. The van der Waals surface area contributed by atoms with Crippen LogP contribution in [0.1, 0.15) is 0 Å². The molecule has 0 amide bonds. The number of nitrogens with zero attached hydrogens (tertiary/aromatic N) is 2. The van der Waals surface area contributed by atoms with Crippen molar-refractivity contribution in [3.63, 3.8) is 0 Å². The van der Waals surface area contributed by atoms with Crippen molar-refractivity contribution in [2.45, 2.75) is 0 Å². The number of benzene rings is 1. The minimum absolute atomic E-state index is 0.222. The summed E-state index contributed by atoms with van der Waals surface area (Å²) in [5.41, 5.74) is 5.55. The van der Waals surface area contributed by atoms with Crippen molar-refractivity contribution in [2.75, 3.05) is 5.73 Å². The Kier molecular flexibility index (Phi) is 2.67.